The number of ether oxygens (including phenoxy) is 1. The van der Waals surface area contributed by atoms with Crippen molar-refractivity contribution in [1.82, 2.24) is 0 Å². The van der Waals surface area contributed by atoms with E-state index < -0.39 is 0 Å². The average molecular weight is 181 g/mol. The topological polar surface area (TPSA) is 55.5 Å². The summed E-state index contributed by atoms with van der Waals surface area (Å²) in [5.41, 5.74) is 7.40. The van der Waals surface area contributed by atoms with Crippen molar-refractivity contribution in [1.29, 1.82) is 0 Å². The Morgan fingerprint density at radius 3 is 2.54 bits per heavy atom. The molecule has 0 saturated carbocycles. The number of benzene rings is 1. The Kier molecular flexibility index (Phi) is 2.78. The van der Waals surface area contributed by atoms with Gasteiger partial charge in [-0.1, -0.05) is 0 Å². The molecular weight excluding hydrogens is 166 g/mol. The van der Waals surface area contributed by atoms with Gasteiger partial charge in [-0.3, -0.25) is 0 Å². The molecule has 3 N–H and O–H groups in total. The molecule has 0 aliphatic carbocycles. The molecule has 13 heavy (non-hydrogen) atoms. The third-order valence-corrected chi connectivity index (χ3v) is 2.03. The van der Waals surface area contributed by atoms with Crippen LogP contribution in [0.1, 0.15) is 24.1 Å². The zero-order chi connectivity index (χ0) is 10.0. The summed E-state index contributed by atoms with van der Waals surface area (Å²) < 4.78 is 5.06. The molecule has 0 aliphatic heterocycles. The lowest BCUT2D eigenvalue weighted by atomic mass is 10.0. The van der Waals surface area contributed by atoms with Crippen molar-refractivity contribution in [3.8, 4) is 11.5 Å². The van der Waals surface area contributed by atoms with Crippen molar-refractivity contribution in [3.63, 3.8) is 0 Å². The number of hydrogen-bond donors (Lipinski definition) is 2. The van der Waals surface area contributed by atoms with Crippen molar-refractivity contribution in [2.45, 2.75) is 19.9 Å². The molecule has 1 aromatic rings. The summed E-state index contributed by atoms with van der Waals surface area (Å²) in [7, 11) is 1.58. The van der Waals surface area contributed by atoms with Gasteiger partial charge in [-0.2, -0.15) is 0 Å². The van der Waals surface area contributed by atoms with Crippen LogP contribution in [0.4, 0.5) is 0 Å². The first-order chi connectivity index (χ1) is 6.06. The fraction of sp³-hybridized carbons (Fsp3) is 0.400. The minimum atomic E-state index is -0.162. The number of aryl methyl sites for hydroxylation is 1. The maximum atomic E-state index is 9.56. The first-order valence-electron chi connectivity index (χ1n) is 4.19. The van der Waals surface area contributed by atoms with Gasteiger partial charge in [-0.25, -0.2) is 0 Å². The van der Waals surface area contributed by atoms with Crippen LogP contribution in [0.25, 0.3) is 0 Å². The molecule has 1 aromatic carbocycles. The molecule has 1 rings (SSSR count). The van der Waals surface area contributed by atoms with E-state index in [1.807, 2.05) is 19.9 Å². The average Bonchev–Trinajstić information content (AvgIpc) is 2.07. The lowest BCUT2D eigenvalue weighted by molar-refractivity contribution is 0.402. The third kappa shape index (κ3) is 1.92. The van der Waals surface area contributed by atoms with E-state index in [4.69, 9.17) is 10.5 Å². The van der Waals surface area contributed by atoms with Crippen LogP contribution in [-0.2, 0) is 0 Å². The number of phenolic OH excluding ortho intramolecular Hbond substituents is 1. The van der Waals surface area contributed by atoms with E-state index in [1.54, 1.807) is 13.2 Å². The molecule has 0 aromatic heterocycles. The Labute approximate surface area is 78.1 Å². The number of rotatable bonds is 2. The number of methoxy groups -OCH3 is 1. The number of phenols is 1. The minimum Gasteiger partial charge on any atom is -0.507 e. The SMILES string of the molecule is COc1cc(O)c(C(C)N)cc1C. The van der Waals surface area contributed by atoms with Gasteiger partial charge in [0, 0.05) is 17.7 Å². The van der Waals surface area contributed by atoms with Crippen molar-refractivity contribution in [2.24, 2.45) is 5.73 Å². The molecule has 0 saturated heterocycles. The van der Waals surface area contributed by atoms with Crippen molar-refractivity contribution >= 4 is 0 Å². The molecule has 0 fully saturated rings. The highest BCUT2D eigenvalue weighted by Crippen LogP contribution is 2.30. The van der Waals surface area contributed by atoms with E-state index in [1.165, 1.54) is 0 Å². The highest BCUT2D eigenvalue weighted by Gasteiger charge is 2.09. The highest BCUT2D eigenvalue weighted by molar-refractivity contribution is 5.46. The van der Waals surface area contributed by atoms with Gasteiger partial charge in [-0.15, -0.1) is 0 Å². The van der Waals surface area contributed by atoms with E-state index in [0.29, 0.717) is 5.75 Å². The zero-order valence-corrected chi connectivity index (χ0v) is 8.16. The Bertz CT molecular complexity index is 308. The van der Waals surface area contributed by atoms with Crippen LogP contribution in [-0.4, -0.2) is 12.2 Å². The van der Waals surface area contributed by atoms with Gasteiger partial charge in [0.2, 0.25) is 0 Å². The van der Waals surface area contributed by atoms with Gasteiger partial charge < -0.3 is 15.6 Å². The van der Waals surface area contributed by atoms with Crippen LogP contribution in [0.15, 0.2) is 12.1 Å². The maximum Gasteiger partial charge on any atom is 0.125 e. The summed E-state index contributed by atoms with van der Waals surface area (Å²) in [6.07, 6.45) is 0. The number of hydrogen-bond acceptors (Lipinski definition) is 3. The Hall–Kier alpha value is -1.22. The minimum absolute atomic E-state index is 0.162. The van der Waals surface area contributed by atoms with Gasteiger partial charge in [0.25, 0.3) is 0 Å². The molecule has 3 heteroatoms. The summed E-state index contributed by atoms with van der Waals surface area (Å²) >= 11 is 0. The molecule has 0 radical (unpaired) electrons. The third-order valence-electron chi connectivity index (χ3n) is 2.03. The molecule has 0 bridgehead atoms. The second-order valence-electron chi connectivity index (χ2n) is 3.17. The molecule has 1 unspecified atom stereocenters. The van der Waals surface area contributed by atoms with E-state index in [2.05, 4.69) is 0 Å². The van der Waals surface area contributed by atoms with Crippen LogP contribution in [0, 0.1) is 6.92 Å². The summed E-state index contributed by atoms with van der Waals surface area (Å²) in [6.45, 7) is 3.76. The lowest BCUT2D eigenvalue weighted by Crippen LogP contribution is -2.05. The summed E-state index contributed by atoms with van der Waals surface area (Å²) in [4.78, 5) is 0. The van der Waals surface area contributed by atoms with Crippen LogP contribution in [0.3, 0.4) is 0 Å². The quantitative estimate of drug-likeness (QED) is 0.730. The lowest BCUT2D eigenvalue weighted by Gasteiger charge is -2.12. The standard InChI is InChI=1S/C10H15NO2/c1-6-4-8(7(2)11)9(12)5-10(6)13-3/h4-5,7,12H,11H2,1-3H3. The van der Waals surface area contributed by atoms with Crippen LogP contribution in [0.5, 0.6) is 11.5 Å². The molecule has 72 valence electrons. The van der Waals surface area contributed by atoms with E-state index in [-0.39, 0.29) is 11.8 Å². The Morgan fingerprint density at radius 1 is 1.46 bits per heavy atom. The summed E-state index contributed by atoms with van der Waals surface area (Å²) in [5.74, 6) is 0.874. The van der Waals surface area contributed by atoms with E-state index in [9.17, 15) is 5.11 Å². The zero-order valence-electron chi connectivity index (χ0n) is 8.16. The monoisotopic (exact) mass is 181 g/mol. The van der Waals surface area contributed by atoms with Crippen LogP contribution >= 0.6 is 0 Å². The summed E-state index contributed by atoms with van der Waals surface area (Å²) in [6, 6.07) is 3.27. The molecule has 1 atom stereocenters. The van der Waals surface area contributed by atoms with E-state index >= 15 is 0 Å². The number of nitrogens with two attached hydrogens (primary N) is 1. The van der Waals surface area contributed by atoms with E-state index in [0.717, 1.165) is 11.1 Å². The van der Waals surface area contributed by atoms with Gasteiger partial charge in [-0.05, 0) is 25.5 Å². The first kappa shape index (κ1) is 9.86. The van der Waals surface area contributed by atoms with Gasteiger partial charge in [0.1, 0.15) is 11.5 Å². The predicted molar refractivity (Wildman–Crippen MR) is 52.0 cm³/mol. The molecule has 0 heterocycles. The second kappa shape index (κ2) is 3.66. The predicted octanol–water partition coefficient (Wildman–Crippen LogP) is 1.73. The van der Waals surface area contributed by atoms with Crippen LogP contribution < -0.4 is 10.5 Å². The molecule has 0 spiro atoms. The van der Waals surface area contributed by atoms with Gasteiger partial charge in [0.15, 0.2) is 0 Å². The second-order valence-corrected chi connectivity index (χ2v) is 3.17. The van der Waals surface area contributed by atoms with Crippen molar-refractivity contribution in [3.05, 3.63) is 23.3 Å². The number of aromatic hydroxyl groups is 1. The highest BCUT2D eigenvalue weighted by atomic mass is 16.5. The Morgan fingerprint density at radius 2 is 2.08 bits per heavy atom. The van der Waals surface area contributed by atoms with Crippen molar-refractivity contribution in [2.75, 3.05) is 7.11 Å². The van der Waals surface area contributed by atoms with Gasteiger partial charge >= 0.3 is 0 Å². The molecule has 0 amide bonds. The Balaban J connectivity index is 3.20. The van der Waals surface area contributed by atoms with Gasteiger partial charge in [0.05, 0.1) is 7.11 Å². The van der Waals surface area contributed by atoms with Crippen LogP contribution in [0.2, 0.25) is 0 Å². The largest absolute Gasteiger partial charge is 0.507 e. The fourth-order valence-corrected chi connectivity index (χ4v) is 1.28. The normalized spacial score (nSPS) is 12.6. The first-order valence-corrected chi connectivity index (χ1v) is 4.19. The van der Waals surface area contributed by atoms with Crippen molar-refractivity contribution < 1.29 is 9.84 Å². The maximum absolute atomic E-state index is 9.56. The molecular formula is C10H15NO2. The smallest absolute Gasteiger partial charge is 0.125 e. The summed E-state index contributed by atoms with van der Waals surface area (Å²) in [5, 5.41) is 9.56. The molecule has 3 nitrogen and oxygen atoms in total. The molecule has 0 aliphatic rings. The fourth-order valence-electron chi connectivity index (χ4n) is 1.28.